The maximum atomic E-state index is 11.0. The third-order valence-corrected chi connectivity index (χ3v) is 2.43. The van der Waals surface area contributed by atoms with Crippen molar-refractivity contribution in [1.82, 2.24) is 10.2 Å². The fourth-order valence-corrected chi connectivity index (χ4v) is 1.91. The van der Waals surface area contributed by atoms with E-state index in [4.69, 9.17) is 16.6 Å². The van der Waals surface area contributed by atoms with E-state index in [1.54, 1.807) is 4.90 Å². The molecule has 0 bridgehead atoms. The number of aliphatic imine (C=N–C) groups is 1. The third kappa shape index (κ3) is 4.27. The molecule has 6 N–H and O–H groups in total. The summed E-state index contributed by atoms with van der Waals surface area (Å²) in [6, 6.07) is -0.558. The van der Waals surface area contributed by atoms with Crippen molar-refractivity contribution < 1.29 is 14.7 Å². The zero-order valence-corrected chi connectivity index (χ0v) is 9.59. The molecule has 0 aliphatic carbocycles. The molecule has 0 aromatic heterocycles. The lowest BCUT2D eigenvalue weighted by Gasteiger charge is -2.15. The number of carbonyl (C=O) groups is 2. The summed E-state index contributed by atoms with van der Waals surface area (Å²) < 4.78 is 0. The van der Waals surface area contributed by atoms with Crippen molar-refractivity contribution in [2.24, 2.45) is 16.5 Å². The Morgan fingerprint density at radius 2 is 2.12 bits per heavy atom. The highest BCUT2D eigenvalue weighted by molar-refractivity contribution is 5.76. The quantitative estimate of drug-likeness (QED) is 0.319. The summed E-state index contributed by atoms with van der Waals surface area (Å²) in [7, 11) is 0. The maximum absolute atomic E-state index is 11.0. The van der Waals surface area contributed by atoms with Crippen LogP contribution in [0.3, 0.4) is 0 Å². The molecule has 2 atom stereocenters. The molecule has 0 radical (unpaired) electrons. The minimum Gasteiger partial charge on any atom is -0.480 e. The number of aliphatic carboxylic acids is 1. The Labute approximate surface area is 98.7 Å². The Kier molecular flexibility index (Phi) is 4.27. The van der Waals surface area contributed by atoms with Crippen LogP contribution in [0.5, 0.6) is 0 Å². The van der Waals surface area contributed by atoms with E-state index in [1.807, 2.05) is 0 Å². The topological polar surface area (TPSA) is 134 Å². The summed E-state index contributed by atoms with van der Waals surface area (Å²) in [6.45, 7) is 2.14. The second-order valence-corrected chi connectivity index (χ2v) is 4.02. The average Bonchev–Trinajstić information content (AvgIpc) is 2.44. The smallest absolute Gasteiger partial charge is 0.317 e. The van der Waals surface area contributed by atoms with Gasteiger partial charge in [-0.3, -0.25) is 14.5 Å². The second kappa shape index (κ2) is 5.48. The normalized spacial score (nSPS) is 24.3. The number of guanidine groups is 1. The largest absolute Gasteiger partial charge is 0.480 e. The number of carboxylic acids is 1. The second-order valence-electron chi connectivity index (χ2n) is 4.02. The number of nitrogens with two attached hydrogens (primary N) is 2. The number of carboxylic acid groups (broad SMARTS) is 1. The number of amides is 1. The van der Waals surface area contributed by atoms with E-state index in [2.05, 4.69) is 10.3 Å². The van der Waals surface area contributed by atoms with E-state index >= 15 is 0 Å². The van der Waals surface area contributed by atoms with Gasteiger partial charge in [-0.15, -0.1) is 0 Å². The molecule has 1 aliphatic rings. The molecule has 0 saturated carbocycles. The molecule has 0 aromatic carbocycles. The molecule has 2 unspecified atom stereocenters. The monoisotopic (exact) mass is 243 g/mol. The van der Waals surface area contributed by atoms with Gasteiger partial charge in [0.1, 0.15) is 0 Å². The average molecular weight is 243 g/mol. The molecule has 8 nitrogen and oxygen atoms in total. The third-order valence-electron chi connectivity index (χ3n) is 2.43. The number of nitrogens with zero attached hydrogens (tertiary/aromatic N) is 2. The Morgan fingerprint density at radius 1 is 1.47 bits per heavy atom. The first-order chi connectivity index (χ1) is 7.88. The van der Waals surface area contributed by atoms with E-state index in [0.717, 1.165) is 0 Å². The molecule has 8 heteroatoms. The van der Waals surface area contributed by atoms with Crippen LogP contribution in [0.2, 0.25) is 0 Å². The van der Waals surface area contributed by atoms with Gasteiger partial charge in [-0.2, -0.15) is 0 Å². The summed E-state index contributed by atoms with van der Waals surface area (Å²) in [5.41, 5.74) is 10.6. The number of carbonyl (C=O) groups excluding carboxylic acids is 1. The lowest BCUT2D eigenvalue weighted by Crippen LogP contribution is -2.42. The molecule has 1 aliphatic heterocycles. The first-order valence-corrected chi connectivity index (χ1v) is 5.18. The molecule has 1 rings (SSSR count). The van der Waals surface area contributed by atoms with Crippen LogP contribution in [0.15, 0.2) is 4.99 Å². The summed E-state index contributed by atoms with van der Waals surface area (Å²) in [5.74, 6) is -1.18. The predicted molar refractivity (Wildman–Crippen MR) is 61.3 cm³/mol. The lowest BCUT2D eigenvalue weighted by atomic mass is 10.2. The van der Waals surface area contributed by atoms with Gasteiger partial charge >= 0.3 is 5.97 Å². The molecular formula is C9H17N5O3. The van der Waals surface area contributed by atoms with Crippen molar-refractivity contribution in [1.29, 1.82) is 0 Å². The number of nitrogens with one attached hydrogen (secondary N) is 1. The molecular weight excluding hydrogens is 226 g/mol. The van der Waals surface area contributed by atoms with Gasteiger partial charge in [-0.05, 0) is 0 Å². The van der Waals surface area contributed by atoms with E-state index in [1.165, 1.54) is 6.92 Å². The van der Waals surface area contributed by atoms with Crippen molar-refractivity contribution in [3.63, 3.8) is 0 Å². The lowest BCUT2D eigenvalue weighted by molar-refractivity contribution is -0.138. The Balaban J connectivity index is 2.68. The zero-order chi connectivity index (χ0) is 13.0. The van der Waals surface area contributed by atoms with E-state index in [-0.39, 0.29) is 30.5 Å². The molecule has 1 amide bonds. The van der Waals surface area contributed by atoms with Gasteiger partial charge in [-0.1, -0.05) is 0 Å². The van der Waals surface area contributed by atoms with Crippen LogP contribution in [0.4, 0.5) is 0 Å². The molecule has 17 heavy (non-hydrogen) atoms. The first-order valence-electron chi connectivity index (χ1n) is 5.18. The van der Waals surface area contributed by atoms with E-state index < -0.39 is 5.97 Å². The van der Waals surface area contributed by atoms with Crippen LogP contribution < -0.4 is 16.8 Å². The number of hydrogen-bond donors (Lipinski definition) is 4. The Bertz CT molecular complexity index is 340. The van der Waals surface area contributed by atoms with Gasteiger partial charge in [0, 0.05) is 20.0 Å². The maximum Gasteiger partial charge on any atom is 0.317 e. The zero-order valence-electron chi connectivity index (χ0n) is 9.59. The molecule has 1 saturated heterocycles. The Hall–Kier alpha value is -1.83. The highest BCUT2D eigenvalue weighted by atomic mass is 16.4. The van der Waals surface area contributed by atoms with Crippen LogP contribution >= 0.6 is 0 Å². The van der Waals surface area contributed by atoms with Gasteiger partial charge in [-0.25, -0.2) is 4.99 Å². The van der Waals surface area contributed by atoms with Gasteiger partial charge in [0.05, 0.1) is 18.6 Å². The standard InChI is InChI=1S/C9H17N5O3/c1-5(15)12-6-2-14(4-8(16)17)3-7(6)13-9(10)11/h6-7H,2-4H2,1H3,(H,12,15)(H,16,17)(H4,10,11,13). The highest BCUT2D eigenvalue weighted by Crippen LogP contribution is 2.13. The van der Waals surface area contributed by atoms with Crippen molar-refractivity contribution in [3.8, 4) is 0 Å². The van der Waals surface area contributed by atoms with Crippen LogP contribution in [0.25, 0.3) is 0 Å². The SMILES string of the molecule is CC(=O)NC1CN(CC(=O)O)CC1N=C(N)N. The first kappa shape index (κ1) is 13.2. The van der Waals surface area contributed by atoms with Crippen molar-refractivity contribution in [2.45, 2.75) is 19.0 Å². The van der Waals surface area contributed by atoms with Gasteiger partial charge in [0.25, 0.3) is 0 Å². The Morgan fingerprint density at radius 3 is 2.59 bits per heavy atom. The minimum absolute atomic E-state index is 0.0671. The number of rotatable bonds is 4. The van der Waals surface area contributed by atoms with Crippen LogP contribution in [-0.4, -0.2) is 59.6 Å². The molecule has 0 spiro atoms. The fourth-order valence-electron chi connectivity index (χ4n) is 1.91. The fraction of sp³-hybridized carbons (Fsp3) is 0.667. The number of likely N-dealkylation sites (tertiary alicyclic amines) is 1. The van der Waals surface area contributed by atoms with Crippen molar-refractivity contribution >= 4 is 17.8 Å². The molecule has 0 aromatic rings. The summed E-state index contributed by atoms with van der Waals surface area (Å²) in [5, 5.41) is 11.4. The summed E-state index contributed by atoms with van der Waals surface area (Å²) in [4.78, 5) is 27.3. The summed E-state index contributed by atoms with van der Waals surface area (Å²) in [6.07, 6.45) is 0. The minimum atomic E-state index is -0.920. The van der Waals surface area contributed by atoms with Crippen molar-refractivity contribution in [3.05, 3.63) is 0 Å². The van der Waals surface area contributed by atoms with E-state index in [9.17, 15) is 9.59 Å². The van der Waals surface area contributed by atoms with E-state index in [0.29, 0.717) is 13.1 Å². The molecule has 1 fully saturated rings. The van der Waals surface area contributed by atoms with Crippen molar-refractivity contribution in [2.75, 3.05) is 19.6 Å². The van der Waals surface area contributed by atoms with Crippen LogP contribution in [-0.2, 0) is 9.59 Å². The number of hydrogen-bond acceptors (Lipinski definition) is 4. The predicted octanol–water partition coefficient (Wildman–Crippen LogP) is -2.47. The van der Waals surface area contributed by atoms with Gasteiger partial charge in [0.2, 0.25) is 5.91 Å². The van der Waals surface area contributed by atoms with Gasteiger partial charge in [0.15, 0.2) is 5.96 Å². The van der Waals surface area contributed by atoms with Gasteiger partial charge < -0.3 is 21.9 Å². The van der Waals surface area contributed by atoms with Crippen LogP contribution in [0, 0.1) is 0 Å². The molecule has 1 heterocycles. The molecule has 96 valence electrons. The van der Waals surface area contributed by atoms with Crippen LogP contribution in [0.1, 0.15) is 6.92 Å². The highest BCUT2D eigenvalue weighted by Gasteiger charge is 2.34. The summed E-state index contributed by atoms with van der Waals surface area (Å²) >= 11 is 0.